The molecule has 0 bridgehead atoms. The molecule has 0 radical (unpaired) electrons. The Labute approximate surface area is 165 Å². The second-order valence-electron chi connectivity index (χ2n) is 6.69. The van der Waals surface area contributed by atoms with E-state index in [1.54, 1.807) is 12.2 Å². The van der Waals surface area contributed by atoms with Gasteiger partial charge in [0.25, 0.3) is 0 Å². The summed E-state index contributed by atoms with van der Waals surface area (Å²) in [6.45, 7) is 0. The first kappa shape index (κ1) is 20.7. The molecule has 0 saturated heterocycles. The van der Waals surface area contributed by atoms with E-state index < -0.39 is 10.5 Å². The lowest BCUT2D eigenvalue weighted by Gasteiger charge is -2.18. The number of benzene rings is 2. The van der Waals surface area contributed by atoms with Crippen LogP contribution in [0.2, 0.25) is 0 Å². The van der Waals surface area contributed by atoms with Crippen molar-refractivity contribution in [3.63, 3.8) is 0 Å². The van der Waals surface area contributed by atoms with E-state index in [1.165, 1.54) is 36.4 Å². The van der Waals surface area contributed by atoms with Crippen LogP contribution in [-0.2, 0) is 4.79 Å². The SMILES string of the molecule is O=C1/C(=C\c2ccc(O)c([NH+]([O-])O)c2)CCC/C1=C\c1ccc(O)c([NH+]([O-])O)c1. The molecule has 1 fully saturated rings. The van der Waals surface area contributed by atoms with Gasteiger partial charge >= 0.3 is 0 Å². The highest BCUT2D eigenvalue weighted by Crippen LogP contribution is 2.30. The van der Waals surface area contributed by atoms with Gasteiger partial charge in [0.1, 0.15) is 0 Å². The minimum Gasteiger partial charge on any atom is -0.595 e. The largest absolute Gasteiger partial charge is 0.595 e. The number of Topliss-reactive ketones (excluding diaryl/α,β-unsaturated/α-hetero) is 1. The third-order valence-electron chi connectivity index (χ3n) is 4.66. The van der Waals surface area contributed by atoms with Gasteiger partial charge in [-0.1, -0.05) is 12.1 Å². The van der Waals surface area contributed by atoms with E-state index >= 15 is 0 Å². The van der Waals surface area contributed by atoms with E-state index in [0.717, 1.165) is 0 Å². The molecule has 2 aromatic carbocycles. The van der Waals surface area contributed by atoms with Gasteiger partial charge < -0.3 is 20.6 Å². The number of allylic oxidation sites excluding steroid dienone is 2. The van der Waals surface area contributed by atoms with Gasteiger partial charge in [-0.2, -0.15) is 10.5 Å². The van der Waals surface area contributed by atoms with Crippen LogP contribution in [0, 0.1) is 10.4 Å². The molecule has 0 heterocycles. The van der Waals surface area contributed by atoms with Crippen molar-refractivity contribution < 1.29 is 35.9 Å². The zero-order valence-electron chi connectivity index (χ0n) is 15.3. The maximum absolute atomic E-state index is 12.8. The van der Waals surface area contributed by atoms with Crippen LogP contribution in [0.15, 0.2) is 47.5 Å². The van der Waals surface area contributed by atoms with Gasteiger partial charge in [-0.25, -0.2) is 10.4 Å². The van der Waals surface area contributed by atoms with Crippen LogP contribution >= 0.6 is 0 Å². The van der Waals surface area contributed by atoms with Gasteiger partial charge in [-0.3, -0.25) is 4.79 Å². The van der Waals surface area contributed by atoms with Crippen LogP contribution in [0.1, 0.15) is 30.4 Å². The lowest BCUT2D eigenvalue weighted by molar-refractivity contribution is -0.991. The monoisotopic (exact) mass is 400 g/mol. The molecule has 0 spiro atoms. The number of carbonyl (C=O) groups is 1. The first-order valence-electron chi connectivity index (χ1n) is 8.84. The summed E-state index contributed by atoms with van der Waals surface area (Å²) < 4.78 is 0. The number of nitrogens with one attached hydrogen (secondary N) is 2. The summed E-state index contributed by atoms with van der Waals surface area (Å²) in [6, 6.07) is 8.19. The Balaban J connectivity index is 1.91. The molecule has 1 aliphatic carbocycles. The van der Waals surface area contributed by atoms with Crippen LogP contribution in [-0.4, -0.2) is 26.4 Å². The Morgan fingerprint density at radius 3 is 1.59 bits per heavy atom. The lowest BCUT2D eigenvalue weighted by Crippen LogP contribution is -2.99. The lowest BCUT2D eigenvalue weighted by atomic mass is 9.86. The molecular formula is C20H20N2O7. The second kappa shape index (κ2) is 8.53. The minimum absolute atomic E-state index is 0.203. The number of phenolic OH excluding ortho intramolecular Hbond substituents is 2. The summed E-state index contributed by atoms with van der Waals surface area (Å²) in [6.07, 6.45) is 4.95. The first-order valence-corrected chi connectivity index (χ1v) is 8.84. The van der Waals surface area contributed by atoms with Gasteiger partial charge in [0.15, 0.2) is 17.3 Å². The van der Waals surface area contributed by atoms with Gasteiger partial charge in [0.05, 0.1) is 0 Å². The van der Waals surface area contributed by atoms with Crippen molar-refractivity contribution >= 4 is 29.3 Å². The van der Waals surface area contributed by atoms with Gasteiger partial charge in [0.2, 0.25) is 11.4 Å². The maximum Gasteiger partial charge on any atom is 0.206 e. The van der Waals surface area contributed by atoms with Gasteiger partial charge in [0, 0.05) is 23.3 Å². The molecule has 0 amide bonds. The quantitative estimate of drug-likeness (QED) is 0.255. The third kappa shape index (κ3) is 4.69. The average Bonchev–Trinajstić information content (AvgIpc) is 2.67. The molecule has 29 heavy (non-hydrogen) atoms. The number of aromatic hydroxyl groups is 2. The zero-order chi connectivity index (χ0) is 21.1. The Kier molecular flexibility index (Phi) is 6.09. The Hall–Kier alpha value is -3.05. The van der Waals surface area contributed by atoms with Crippen molar-refractivity contribution in [1.82, 2.24) is 0 Å². The highest BCUT2D eigenvalue weighted by molar-refractivity contribution is 6.14. The van der Waals surface area contributed by atoms with Crippen molar-refractivity contribution in [2.45, 2.75) is 19.3 Å². The predicted molar refractivity (Wildman–Crippen MR) is 103 cm³/mol. The third-order valence-corrected chi connectivity index (χ3v) is 4.66. The van der Waals surface area contributed by atoms with Gasteiger partial charge in [-0.05, 0) is 54.7 Å². The maximum atomic E-state index is 12.8. The minimum atomic E-state index is -1.26. The van der Waals surface area contributed by atoms with E-state index in [-0.39, 0.29) is 28.7 Å². The Morgan fingerprint density at radius 1 is 0.793 bits per heavy atom. The number of carbonyl (C=O) groups excluding carboxylic acids is 1. The van der Waals surface area contributed by atoms with Crippen LogP contribution in [0.5, 0.6) is 11.5 Å². The van der Waals surface area contributed by atoms with Crippen molar-refractivity contribution in [3.8, 4) is 11.5 Å². The highest BCUT2D eigenvalue weighted by atomic mass is 16.8. The first-order chi connectivity index (χ1) is 13.8. The fourth-order valence-electron chi connectivity index (χ4n) is 3.21. The summed E-state index contributed by atoms with van der Waals surface area (Å²) in [5.74, 6) is -0.903. The molecule has 0 aromatic heterocycles. The predicted octanol–water partition coefficient (Wildman–Crippen LogP) is 1.12. The molecule has 9 heteroatoms. The smallest absolute Gasteiger partial charge is 0.206 e. The molecule has 1 aliphatic rings. The summed E-state index contributed by atoms with van der Waals surface area (Å²) in [4.78, 5) is 12.8. The molecule has 2 unspecified atom stereocenters. The fraction of sp³-hybridized carbons (Fsp3) is 0.150. The number of rotatable bonds is 4. The summed E-state index contributed by atoms with van der Waals surface area (Å²) >= 11 is 0. The van der Waals surface area contributed by atoms with Crippen LogP contribution in [0.25, 0.3) is 12.2 Å². The van der Waals surface area contributed by atoms with E-state index in [4.69, 9.17) is 10.4 Å². The van der Waals surface area contributed by atoms with Crippen molar-refractivity contribution in [1.29, 1.82) is 0 Å². The number of ketones is 1. The Bertz CT molecular complexity index is 919. The summed E-state index contributed by atoms with van der Waals surface area (Å²) in [5, 5.41) is 57.3. The molecular weight excluding hydrogens is 380 g/mol. The average molecular weight is 400 g/mol. The second-order valence-corrected chi connectivity index (χ2v) is 6.69. The molecule has 2 aromatic rings. The number of hydrogen-bond acceptors (Lipinski definition) is 7. The van der Waals surface area contributed by atoms with E-state index in [2.05, 4.69) is 0 Å². The van der Waals surface area contributed by atoms with Crippen LogP contribution < -0.4 is 10.5 Å². The number of hydrogen-bond donors (Lipinski definition) is 6. The fourth-order valence-corrected chi connectivity index (χ4v) is 3.21. The zero-order valence-corrected chi connectivity index (χ0v) is 15.3. The highest BCUT2D eigenvalue weighted by Gasteiger charge is 2.21. The van der Waals surface area contributed by atoms with E-state index in [1.807, 2.05) is 0 Å². The molecule has 1 saturated carbocycles. The molecule has 3 rings (SSSR count). The van der Waals surface area contributed by atoms with E-state index in [9.17, 15) is 25.4 Å². The summed E-state index contributed by atoms with van der Waals surface area (Å²) in [5.41, 5.74) is 1.49. The molecule has 9 nitrogen and oxygen atoms in total. The normalized spacial score (nSPS) is 19.5. The molecule has 0 aliphatic heterocycles. The summed E-state index contributed by atoms with van der Waals surface area (Å²) in [7, 11) is 0. The number of quaternary nitrogens is 2. The standard InChI is InChI=1S/C20H20N2O7/c23-18-6-4-12(10-16(18)21(26)27)8-14-2-1-3-15(20(14)25)9-13-5-7-19(24)17(11-13)22(28)29/h4-11,21-24,26,28H,1-3H2/b14-8-,15-9+. The molecule has 6 N–H and O–H groups in total. The van der Waals surface area contributed by atoms with Crippen molar-refractivity contribution in [3.05, 3.63) is 69.1 Å². The molecule has 2 atom stereocenters. The number of phenols is 2. The topological polar surface area (TPSA) is 153 Å². The van der Waals surface area contributed by atoms with Gasteiger partial charge in [-0.15, -0.1) is 0 Å². The Morgan fingerprint density at radius 2 is 1.21 bits per heavy atom. The van der Waals surface area contributed by atoms with Crippen molar-refractivity contribution in [2.24, 2.45) is 0 Å². The van der Waals surface area contributed by atoms with Crippen LogP contribution in [0.3, 0.4) is 0 Å². The van der Waals surface area contributed by atoms with Crippen LogP contribution in [0.4, 0.5) is 11.4 Å². The molecule has 152 valence electrons. The van der Waals surface area contributed by atoms with Crippen molar-refractivity contribution in [2.75, 3.05) is 0 Å². The van der Waals surface area contributed by atoms with E-state index in [0.29, 0.717) is 41.5 Å².